The molecule has 0 radical (unpaired) electrons. The maximum Gasteiger partial charge on any atom is 0.303 e. The number of amides is 1. The van der Waals surface area contributed by atoms with Gasteiger partial charge < -0.3 is 10.6 Å². The molecule has 3 N–H and O–H groups in total. The third-order valence-electron chi connectivity index (χ3n) is 2.07. The summed E-state index contributed by atoms with van der Waals surface area (Å²) in [5.74, 6) is -0.532. The van der Waals surface area contributed by atoms with E-state index in [0.29, 0.717) is 13.1 Å². The van der Waals surface area contributed by atoms with Gasteiger partial charge in [-0.3, -0.25) is 4.79 Å². The van der Waals surface area contributed by atoms with Gasteiger partial charge in [0.2, 0.25) is 0 Å². The summed E-state index contributed by atoms with van der Waals surface area (Å²) in [6, 6.07) is -0.492. The van der Waals surface area contributed by atoms with Crippen LogP contribution in [0.2, 0.25) is 0 Å². The lowest BCUT2D eigenvalue weighted by Crippen LogP contribution is -2.57. The molecule has 1 heterocycles. The lowest BCUT2D eigenvalue weighted by Gasteiger charge is -2.24. The monoisotopic (exact) mass is 236 g/mol. The topological polar surface area (TPSA) is 90.5 Å². The zero-order chi connectivity index (χ0) is 11.5. The highest BCUT2D eigenvalue weighted by Crippen LogP contribution is 1.92. The molecule has 1 atom stereocenters. The molecular weight excluding hydrogens is 220 g/mol. The first-order valence-corrected chi connectivity index (χ1v) is 6.05. The molecule has 1 rings (SSSR count). The van der Waals surface area contributed by atoms with Crippen LogP contribution in [0.4, 0.5) is 0 Å². The number of hydrogen-bond donors (Lipinski definition) is 3. The van der Waals surface area contributed by atoms with E-state index in [2.05, 4.69) is 10.6 Å². The molecule has 1 fully saturated rings. The van der Waals surface area contributed by atoms with E-state index in [4.69, 9.17) is 0 Å². The minimum atomic E-state index is -3.68. The number of carbonyl (C=O) groups is 1. The molecular formula is C7H16N4O3S. The van der Waals surface area contributed by atoms with Crippen molar-refractivity contribution in [1.29, 1.82) is 0 Å². The van der Waals surface area contributed by atoms with Crippen molar-refractivity contribution < 1.29 is 13.2 Å². The van der Waals surface area contributed by atoms with Gasteiger partial charge in [-0.1, -0.05) is 0 Å². The largest absolute Gasteiger partial charge is 0.313 e. The number of nitrogens with one attached hydrogen (secondary N) is 3. The molecule has 0 aliphatic carbocycles. The van der Waals surface area contributed by atoms with Gasteiger partial charge in [0, 0.05) is 33.7 Å². The third kappa shape index (κ3) is 3.42. The second kappa shape index (κ2) is 4.88. The maximum absolute atomic E-state index is 11.5. The van der Waals surface area contributed by atoms with Crippen molar-refractivity contribution in [2.45, 2.75) is 6.04 Å². The molecule has 1 unspecified atom stereocenters. The van der Waals surface area contributed by atoms with Crippen LogP contribution in [0.15, 0.2) is 0 Å². The van der Waals surface area contributed by atoms with Crippen LogP contribution in [-0.2, 0) is 15.0 Å². The Hall–Kier alpha value is -0.700. The van der Waals surface area contributed by atoms with Crippen LogP contribution in [0.1, 0.15) is 0 Å². The Bertz CT molecular complexity index is 321. The van der Waals surface area contributed by atoms with Gasteiger partial charge in [0.1, 0.15) is 6.04 Å². The van der Waals surface area contributed by atoms with Crippen molar-refractivity contribution in [3.05, 3.63) is 0 Å². The Morgan fingerprint density at radius 1 is 1.40 bits per heavy atom. The molecule has 1 aliphatic rings. The molecule has 0 saturated carbocycles. The predicted octanol–water partition coefficient (Wildman–Crippen LogP) is -2.53. The molecule has 8 heteroatoms. The summed E-state index contributed by atoms with van der Waals surface area (Å²) in [5, 5.41) is 5.92. The lowest BCUT2D eigenvalue weighted by atomic mass is 10.2. The highest BCUT2D eigenvalue weighted by atomic mass is 32.2. The van der Waals surface area contributed by atoms with E-state index in [0.717, 1.165) is 10.8 Å². The molecule has 1 amide bonds. The van der Waals surface area contributed by atoms with Crippen LogP contribution in [0, 0.1) is 0 Å². The van der Waals surface area contributed by atoms with Crippen molar-refractivity contribution in [1.82, 2.24) is 19.7 Å². The van der Waals surface area contributed by atoms with Crippen LogP contribution >= 0.6 is 0 Å². The molecule has 1 aliphatic heterocycles. The Balaban J connectivity index is 2.55. The molecule has 0 spiro atoms. The quantitative estimate of drug-likeness (QED) is 0.503. The Labute approximate surface area is 89.4 Å². The number of nitrogens with zero attached hydrogens (tertiary/aromatic N) is 1. The van der Waals surface area contributed by atoms with Crippen molar-refractivity contribution in [2.75, 3.05) is 33.7 Å². The van der Waals surface area contributed by atoms with Gasteiger partial charge in [-0.2, -0.15) is 12.7 Å². The second-order valence-corrected chi connectivity index (χ2v) is 5.35. The maximum atomic E-state index is 11.5. The van der Waals surface area contributed by atoms with Gasteiger partial charge in [-0.05, 0) is 0 Å². The average molecular weight is 236 g/mol. The zero-order valence-electron chi connectivity index (χ0n) is 8.78. The van der Waals surface area contributed by atoms with Gasteiger partial charge in [-0.15, -0.1) is 0 Å². The number of hydrogen-bond acceptors (Lipinski definition) is 5. The Kier molecular flexibility index (Phi) is 4.03. The summed E-state index contributed by atoms with van der Waals surface area (Å²) in [6.07, 6.45) is 0. The van der Waals surface area contributed by atoms with Gasteiger partial charge in [0.25, 0.3) is 5.91 Å². The van der Waals surface area contributed by atoms with Crippen LogP contribution < -0.4 is 15.4 Å². The number of rotatable bonds is 3. The normalized spacial score (nSPS) is 22.7. The lowest BCUT2D eigenvalue weighted by molar-refractivity contribution is -0.121. The first kappa shape index (κ1) is 12.4. The first-order valence-electron chi connectivity index (χ1n) is 4.61. The Morgan fingerprint density at radius 2 is 2.07 bits per heavy atom. The van der Waals surface area contributed by atoms with Crippen LogP contribution in [0.5, 0.6) is 0 Å². The van der Waals surface area contributed by atoms with Crippen molar-refractivity contribution in [3.63, 3.8) is 0 Å². The minimum Gasteiger partial charge on any atom is -0.313 e. The summed E-state index contributed by atoms with van der Waals surface area (Å²) >= 11 is 0. The fourth-order valence-corrected chi connectivity index (χ4v) is 1.71. The molecule has 0 aromatic heterocycles. The van der Waals surface area contributed by atoms with Gasteiger partial charge in [0.05, 0.1) is 0 Å². The fraction of sp³-hybridized carbons (Fsp3) is 0.857. The van der Waals surface area contributed by atoms with Crippen LogP contribution in [-0.4, -0.2) is 58.4 Å². The number of piperazine rings is 1. The van der Waals surface area contributed by atoms with E-state index in [1.165, 1.54) is 14.1 Å². The van der Waals surface area contributed by atoms with E-state index >= 15 is 0 Å². The molecule has 0 aromatic rings. The summed E-state index contributed by atoms with van der Waals surface area (Å²) in [5.41, 5.74) is 0. The smallest absolute Gasteiger partial charge is 0.303 e. The van der Waals surface area contributed by atoms with Crippen LogP contribution in [0.25, 0.3) is 0 Å². The third-order valence-corrected chi connectivity index (χ3v) is 3.49. The first-order chi connectivity index (χ1) is 6.93. The molecule has 0 bridgehead atoms. The number of carbonyl (C=O) groups excluding carboxylic acids is 1. The summed E-state index contributed by atoms with van der Waals surface area (Å²) in [7, 11) is -0.954. The molecule has 15 heavy (non-hydrogen) atoms. The standard InChI is InChI=1S/C7H16N4O3S/c1-11(2)15(13,14)10-7(12)6-5-8-3-4-9-6/h6,8-9H,3-5H2,1-2H3,(H,10,12). The molecule has 0 aromatic carbocycles. The minimum absolute atomic E-state index is 0.439. The summed E-state index contributed by atoms with van der Waals surface area (Å²) in [6.45, 7) is 1.87. The van der Waals surface area contributed by atoms with E-state index in [9.17, 15) is 13.2 Å². The highest BCUT2D eigenvalue weighted by Gasteiger charge is 2.25. The van der Waals surface area contributed by atoms with E-state index in [1.54, 1.807) is 0 Å². The van der Waals surface area contributed by atoms with Gasteiger partial charge >= 0.3 is 10.2 Å². The van der Waals surface area contributed by atoms with Crippen molar-refractivity contribution in [3.8, 4) is 0 Å². The molecule has 88 valence electrons. The summed E-state index contributed by atoms with van der Waals surface area (Å²) < 4.78 is 25.6. The van der Waals surface area contributed by atoms with E-state index in [1.807, 2.05) is 4.72 Å². The van der Waals surface area contributed by atoms with Crippen molar-refractivity contribution >= 4 is 16.1 Å². The average Bonchev–Trinajstić information content (AvgIpc) is 2.18. The molecule has 1 saturated heterocycles. The summed E-state index contributed by atoms with van der Waals surface area (Å²) in [4.78, 5) is 11.5. The zero-order valence-corrected chi connectivity index (χ0v) is 9.60. The van der Waals surface area contributed by atoms with Crippen LogP contribution in [0.3, 0.4) is 0 Å². The highest BCUT2D eigenvalue weighted by molar-refractivity contribution is 7.87. The second-order valence-electron chi connectivity index (χ2n) is 3.46. The van der Waals surface area contributed by atoms with Gasteiger partial charge in [-0.25, -0.2) is 4.72 Å². The predicted molar refractivity (Wildman–Crippen MR) is 55.4 cm³/mol. The van der Waals surface area contributed by atoms with Crippen molar-refractivity contribution in [2.24, 2.45) is 0 Å². The van der Waals surface area contributed by atoms with E-state index in [-0.39, 0.29) is 0 Å². The van der Waals surface area contributed by atoms with E-state index < -0.39 is 22.2 Å². The Morgan fingerprint density at radius 3 is 2.53 bits per heavy atom. The fourth-order valence-electron chi connectivity index (χ4n) is 1.13. The molecule has 7 nitrogen and oxygen atoms in total. The SMILES string of the molecule is CN(C)S(=O)(=O)NC(=O)C1CNCCN1. The van der Waals surface area contributed by atoms with Gasteiger partial charge in [0.15, 0.2) is 0 Å².